The maximum absolute atomic E-state index is 5.91. The van der Waals surface area contributed by atoms with E-state index in [-0.39, 0.29) is 11.5 Å². The first-order valence-electron chi connectivity index (χ1n) is 7.35. The van der Waals surface area contributed by atoms with E-state index in [1.54, 1.807) is 0 Å². The van der Waals surface area contributed by atoms with Gasteiger partial charge in [0.25, 0.3) is 0 Å². The molecule has 2 N–H and O–H groups in total. The van der Waals surface area contributed by atoms with E-state index >= 15 is 0 Å². The SMILES string of the molecule is CC(Cn1nc(N)cc1C(C)(C)C)OCc1ccccc1. The van der Waals surface area contributed by atoms with Gasteiger partial charge in [-0.3, -0.25) is 4.68 Å². The number of rotatable bonds is 5. The Kier molecular flexibility index (Phi) is 4.68. The summed E-state index contributed by atoms with van der Waals surface area (Å²) in [5, 5.41) is 4.39. The summed E-state index contributed by atoms with van der Waals surface area (Å²) in [7, 11) is 0. The molecule has 0 amide bonds. The Balaban J connectivity index is 1.98. The van der Waals surface area contributed by atoms with Gasteiger partial charge in [-0.2, -0.15) is 5.10 Å². The van der Waals surface area contributed by atoms with Crippen LogP contribution in [0.2, 0.25) is 0 Å². The van der Waals surface area contributed by atoms with Gasteiger partial charge in [0, 0.05) is 17.2 Å². The van der Waals surface area contributed by atoms with Crippen molar-refractivity contribution in [1.82, 2.24) is 9.78 Å². The average Bonchev–Trinajstić information content (AvgIpc) is 2.78. The zero-order chi connectivity index (χ0) is 15.5. The summed E-state index contributed by atoms with van der Waals surface area (Å²) in [6.45, 7) is 9.87. The highest BCUT2D eigenvalue weighted by molar-refractivity contribution is 5.32. The smallest absolute Gasteiger partial charge is 0.145 e. The van der Waals surface area contributed by atoms with Crippen LogP contribution in [0.5, 0.6) is 0 Å². The number of nitrogens with two attached hydrogens (primary N) is 1. The standard InChI is InChI=1S/C17H25N3O/c1-13(21-12-14-8-6-5-7-9-14)11-20-15(17(2,3)4)10-16(18)19-20/h5-10,13H,11-12H2,1-4H3,(H2,18,19). The Hall–Kier alpha value is -1.81. The summed E-state index contributed by atoms with van der Waals surface area (Å²) in [4.78, 5) is 0. The van der Waals surface area contributed by atoms with Crippen molar-refractivity contribution in [2.45, 2.75) is 52.4 Å². The molecule has 0 bridgehead atoms. The van der Waals surface area contributed by atoms with Crippen molar-refractivity contribution in [2.24, 2.45) is 0 Å². The number of benzene rings is 1. The second-order valence-electron chi connectivity index (χ2n) is 6.49. The Morgan fingerprint density at radius 3 is 2.52 bits per heavy atom. The number of nitrogen functional groups attached to an aromatic ring is 1. The van der Waals surface area contributed by atoms with Crippen LogP contribution < -0.4 is 5.73 Å². The minimum Gasteiger partial charge on any atom is -0.382 e. The minimum atomic E-state index is 0.0176. The fourth-order valence-electron chi connectivity index (χ4n) is 2.29. The van der Waals surface area contributed by atoms with Crippen LogP contribution in [0.25, 0.3) is 0 Å². The Morgan fingerprint density at radius 2 is 1.90 bits per heavy atom. The quantitative estimate of drug-likeness (QED) is 0.917. The number of hydrogen-bond acceptors (Lipinski definition) is 3. The van der Waals surface area contributed by atoms with Crippen molar-refractivity contribution >= 4 is 5.82 Å². The molecular weight excluding hydrogens is 262 g/mol. The van der Waals surface area contributed by atoms with Gasteiger partial charge in [0.1, 0.15) is 5.82 Å². The van der Waals surface area contributed by atoms with E-state index in [9.17, 15) is 0 Å². The molecule has 2 aromatic rings. The fraction of sp³-hybridized carbons (Fsp3) is 0.471. The van der Waals surface area contributed by atoms with Crippen molar-refractivity contribution < 1.29 is 4.74 Å². The van der Waals surface area contributed by atoms with E-state index in [1.165, 1.54) is 5.56 Å². The lowest BCUT2D eigenvalue weighted by atomic mass is 9.92. The van der Waals surface area contributed by atoms with Gasteiger partial charge < -0.3 is 10.5 Å². The zero-order valence-electron chi connectivity index (χ0n) is 13.3. The highest BCUT2D eigenvalue weighted by Gasteiger charge is 2.21. The number of nitrogens with zero attached hydrogens (tertiary/aromatic N) is 2. The van der Waals surface area contributed by atoms with Crippen LogP contribution in [-0.4, -0.2) is 15.9 Å². The molecule has 4 heteroatoms. The molecule has 4 nitrogen and oxygen atoms in total. The first-order valence-corrected chi connectivity index (χ1v) is 7.35. The third-order valence-electron chi connectivity index (χ3n) is 3.37. The van der Waals surface area contributed by atoms with Gasteiger partial charge in [-0.25, -0.2) is 0 Å². The highest BCUT2D eigenvalue weighted by Crippen LogP contribution is 2.24. The van der Waals surface area contributed by atoms with E-state index in [0.717, 1.165) is 5.69 Å². The number of anilines is 1. The van der Waals surface area contributed by atoms with Gasteiger partial charge in [0.05, 0.1) is 19.3 Å². The van der Waals surface area contributed by atoms with Crippen LogP contribution in [0, 0.1) is 0 Å². The van der Waals surface area contributed by atoms with E-state index < -0.39 is 0 Å². The summed E-state index contributed by atoms with van der Waals surface area (Å²) >= 11 is 0. The molecule has 0 aliphatic carbocycles. The molecule has 0 radical (unpaired) electrons. The molecule has 0 aliphatic heterocycles. The first kappa shape index (κ1) is 15.6. The zero-order valence-corrected chi connectivity index (χ0v) is 13.3. The minimum absolute atomic E-state index is 0.0176. The van der Waals surface area contributed by atoms with Crippen LogP contribution in [-0.2, 0) is 23.3 Å². The van der Waals surface area contributed by atoms with Crippen LogP contribution in [0.4, 0.5) is 5.82 Å². The van der Waals surface area contributed by atoms with Crippen molar-refractivity contribution in [1.29, 1.82) is 0 Å². The number of hydrogen-bond donors (Lipinski definition) is 1. The fourth-order valence-corrected chi connectivity index (χ4v) is 2.29. The molecule has 114 valence electrons. The van der Waals surface area contributed by atoms with Crippen LogP contribution in [0.1, 0.15) is 39.0 Å². The van der Waals surface area contributed by atoms with E-state index in [1.807, 2.05) is 28.9 Å². The van der Waals surface area contributed by atoms with Gasteiger partial charge in [0.2, 0.25) is 0 Å². The van der Waals surface area contributed by atoms with Crippen LogP contribution in [0.3, 0.4) is 0 Å². The molecule has 1 unspecified atom stereocenters. The third kappa shape index (κ3) is 4.33. The second-order valence-corrected chi connectivity index (χ2v) is 6.49. The van der Waals surface area contributed by atoms with Crippen molar-refractivity contribution in [3.05, 3.63) is 47.7 Å². The third-order valence-corrected chi connectivity index (χ3v) is 3.37. The Labute approximate surface area is 126 Å². The maximum atomic E-state index is 5.91. The van der Waals surface area contributed by atoms with E-state index in [0.29, 0.717) is 19.0 Å². The molecular formula is C17H25N3O. The molecule has 2 rings (SSSR count). The molecule has 1 aromatic heterocycles. The van der Waals surface area contributed by atoms with Crippen molar-refractivity contribution in [3.63, 3.8) is 0 Å². The molecule has 21 heavy (non-hydrogen) atoms. The molecule has 0 fully saturated rings. The molecule has 0 saturated carbocycles. The van der Waals surface area contributed by atoms with Gasteiger partial charge >= 0.3 is 0 Å². The molecule has 0 spiro atoms. The number of aromatic nitrogens is 2. The van der Waals surface area contributed by atoms with Crippen molar-refractivity contribution in [2.75, 3.05) is 5.73 Å². The molecule has 1 heterocycles. The molecule has 1 aromatic carbocycles. The van der Waals surface area contributed by atoms with Gasteiger partial charge in [-0.1, -0.05) is 51.1 Å². The Bertz CT molecular complexity index is 569. The predicted molar refractivity (Wildman–Crippen MR) is 86.0 cm³/mol. The summed E-state index contributed by atoms with van der Waals surface area (Å²) in [6.07, 6.45) is 0.0746. The lowest BCUT2D eigenvalue weighted by Crippen LogP contribution is -2.24. The lowest BCUT2D eigenvalue weighted by Gasteiger charge is -2.22. The summed E-state index contributed by atoms with van der Waals surface area (Å²) in [5.41, 5.74) is 8.18. The normalized spacial score (nSPS) is 13.3. The first-order chi connectivity index (χ1) is 9.86. The van der Waals surface area contributed by atoms with Gasteiger partial charge in [-0.15, -0.1) is 0 Å². The Morgan fingerprint density at radius 1 is 1.24 bits per heavy atom. The summed E-state index contributed by atoms with van der Waals surface area (Å²) in [5.74, 6) is 0.565. The van der Waals surface area contributed by atoms with Crippen LogP contribution >= 0.6 is 0 Å². The largest absolute Gasteiger partial charge is 0.382 e. The second kappa shape index (κ2) is 6.31. The monoisotopic (exact) mass is 287 g/mol. The topological polar surface area (TPSA) is 53.1 Å². The molecule has 0 saturated heterocycles. The predicted octanol–water partition coefficient (Wildman–Crippen LogP) is 3.37. The highest BCUT2D eigenvalue weighted by atomic mass is 16.5. The van der Waals surface area contributed by atoms with E-state index in [4.69, 9.17) is 10.5 Å². The maximum Gasteiger partial charge on any atom is 0.145 e. The average molecular weight is 287 g/mol. The summed E-state index contributed by atoms with van der Waals surface area (Å²) in [6, 6.07) is 12.1. The molecule has 1 atom stereocenters. The van der Waals surface area contributed by atoms with Gasteiger partial charge in [-0.05, 0) is 12.5 Å². The van der Waals surface area contributed by atoms with Gasteiger partial charge in [0.15, 0.2) is 0 Å². The van der Waals surface area contributed by atoms with E-state index in [2.05, 4.69) is 44.9 Å². The van der Waals surface area contributed by atoms with Crippen molar-refractivity contribution in [3.8, 4) is 0 Å². The number of ether oxygens (including phenoxy) is 1. The summed E-state index contributed by atoms with van der Waals surface area (Å²) < 4.78 is 7.87. The lowest BCUT2D eigenvalue weighted by molar-refractivity contribution is 0.0386. The molecule has 0 aliphatic rings. The van der Waals surface area contributed by atoms with Crippen LogP contribution in [0.15, 0.2) is 36.4 Å².